The van der Waals surface area contributed by atoms with E-state index in [9.17, 15) is 9.59 Å². The molecule has 4 aromatic rings. The summed E-state index contributed by atoms with van der Waals surface area (Å²) in [7, 11) is 1.57. The molecular weight excluding hydrogens is 460 g/mol. The van der Waals surface area contributed by atoms with Crippen LogP contribution in [-0.4, -0.2) is 33.4 Å². The predicted octanol–water partition coefficient (Wildman–Crippen LogP) is 4.03. The molecule has 0 unspecified atom stereocenters. The molecule has 0 radical (unpaired) electrons. The van der Waals surface area contributed by atoms with Crippen LogP contribution in [-0.2, 0) is 24.2 Å². The number of carbonyl (C=O) groups excluding carboxylic acids is 1. The van der Waals surface area contributed by atoms with Gasteiger partial charge >= 0.3 is 5.63 Å². The van der Waals surface area contributed by atoms with Crippen LogP contribution < -0.4 is 20.4 Å². The fourth-order valence-corrected chi connectivity index (χ4v) is 4.61. The van der Waals surface area contributed by atoms with E-state index in [-0.39, 0.29) is 17.9 Å². The van der Waals surface area contributed by atoms with E-state index in [0.717, 1.165) is 24.0 Å². The first-order chi connectivity index (χ1) is 17.2. The number of benzene rings is 2. The van der Waals surface area contributed by atoms with E-state index in [2.05, 4.69) is 15.4 Å². The van der Waals surface area contributed by atoms with E-state index in [1.54, 1.807) is 18.1 Å². The Hall–Kier alpha value is -4.14. The number of aryl methyl sites for hydroxylation is 2. The van der Waals surface area contributed by atoms with Gasteiger partial charge in [-0.15, -0.1) is 0 Å². The van der Waals surface area contributed by atoms with Crippen LogP contribution in [0.5, 0.6) is 11.5 Å². The third-order valence-electron chi connectivity index (χ3n) is 6.55. The number of rotatable bonds is 6. The van der Waals surface area contributed by atoms with Crippen LogP contribution in [0.15, 0.2) is 52.2 Å². The molecule has 186 valence electrons. The molecule has 0 saturated heterocycles. The van der Waals surface area contributed by atoms with Crippen LogP contribution in [0, 0.1) is 6.92 Å². The lowest BCUT2D eigenvalue weighted by Crippen LogP contribution is -2.32. The normalized spacial score (nSPS) is 14.2. The summed E-state index contributed by atoms with van der Waals surface area (Å²) < 4.78 is 19.3. The molecule has 9 heteroatoms. The van der Waals surface area contributed by atoms with Crippen LogP contribution in [0.1, 0.15) is 42.5 Å². The van der Waals surface area contributed by atoms with Crippen molar-refractivity contribution < 1.29 is 18.7 Å². The first-order valence-corrected chi connectivity index (χ1v) is 11.8. The van der Waals surface area contributed by atoms with E-state index in [1.165, 1.54) is 6.33 Å². The van der Waals surface area contributed by atoms with E-state index >= 15 is 0 Å². The van der Waals surface area contributed by atoms with Gasteiger partial charge in [-0.05, 0) is 56.9 Å². The van der Waals surface area contributed by atoms with Gasteiger partial charge < -0.3 is 19.2 Å². The average Bonchev–Trinajstić information content (AvgIpc) is 3.34. The molecule has 0 bridgehead atoms. The zero-order chi connectivity index (χ0) is 25.4. The van der Waals surface area contributed by atoms with E-state index in [1.807, 2.05) is 51.1 Å². The van der Waals surface area contributed by atoms with Gasteiger partial charge in [-0.1, -0.05) is 12.1 Å². The van der Waals surface area contributed by atoms with Crippen LogP contribution >= 0.6 is 0 Å². The van der Waals surface area contributed by atoms with Gasteiger partial charge in [0.25, 0.3) is 0 Å². The van der Waals surface area contributed by atoms with Crippen molar-refractivity contribution in [2.75, 3.05) is 12.4 Å². The van der Waals surface area contributed by atoms with Gasteiger partial charge in [0.1, 0.15) is 35.3 Å². The number of nitrogens with zero attached hydrogens (tertiary/aromatic N) is 3. The highest BCUT2D eigenvalue weighted by Crippen LogP contribution is 2.43. The van der Waals surface area contributed by atoms with Crippen LogP contribution in [0.4, 0.5) is 5.69 Å². The number of nitrogens with one attached hydrogen (secondary N) is 1. The second-order valence-electron chi connectivity index (χ2n) is 9.63. The van der Waals surface area contributed by atoms with E-state index in [4.69, 9.17) is 13.9 Å². The van der Waals surface area contributed by atoms with E-state index in [0.29, 0.717) is 45.8 Å². The molecular formula is C27H28N4O5. The minimum absolute atomic E-state index is 0.116. The molecule has 1 N–H and O–H groups in total. The quantitative estimate of drug-likeness (QED) is 0.408. The first-order valence-electron chi connectivity index (χ1n) is 11.8. The number of amides is 1. The van der Waals surface area contributed by atoms with Gasteiger partial charge in [-0.3, -0.25) is 4.79 Å². The highest BCUT2D eigenvalue weighted by molar-refractivity contribution is 5.95. The molecule has 1 amide bonds. The molecule has 2 aromatic heterocycles. The second-order valence-corrected chi connectivity index (χ2v) is 9.63. The Kier molecular flexibility index (Phi) is 5.99. The maximum absolute atomic E-state index is 13.0. The SMILES string of the molecule is COc1cc2c(c3oc(=O)c(CC(=O)Nc4ccc(Cn5cncn5)cc4)c(C)c13)CCC(C)(C)O2. The molecule has 3 heterocycles. The second kappa shape index (κ2) is 9.14. The number of carbonyl (C=O) groups is 1. The number of aromatic nitrogens is 3. The summed E-state index contributed by atoms with van der Waals surface area (Å²) in [6, 6.07) is 9.29. The first kappa shape index (κ1) is 23.6. The molecule has 2 aromatic carbocycles. The van der Waals surface area contributed by atoms with Crippen molar-refractivity contribution in [1.29, 1.82) is 0 Å². The molecule has 5 rings (SSSR count). The number of methoxy groups -OCH3 is 1. The summed E-state index contributed by atoms with van der Waals surface area (Å²) >= 11 is 0. The van der Waals surface area contributed by atoms with Crippen molar-refractivity contribution in [1.82, 2.24) is 14.8 Å². The summed E-state index contributed by atoms with van der Waals surface area (Å²) in [6.07, 6.45) is 4.53. The molecule has 36 heavy (non-hydrogen) atoms. The lowest BCUT2D eigenvalue weighted by atomic mass is 9.91. The van der Waals surface area contributed by atoms with Crippen molar-refractivity contribution in [3.63, 3.8) is 0 Å². The third kappa shape index (κ3) is 4.56. The van der Waals surface area contributed by atoms with Gasteiger partial charge in [-0.25, -0.2) is 14.5 Å². The highest BCUT2D eigenvalue weighted by atomic mass is 16.5. The molecule has 0 saturated carbocycles. The molecule has 0 aliphatic carbocycles. The van der Waals surface area contributed by atoms with Crippen LogP contribution in [0.25, 0.3) is 11.0 Å². The van der Waals surface area contributed by atoms with Crippen molar-refractivity contribution in [2.24, 2.45) is 0 Å². The number of fused-ring (bicyclic) bond motifs is 3. The van der Waals surface area contributed by atoms with Gasteiger partial charge in [0.15, 0.2) is 0 Å². The summed E-state index contributed by atoms with van der Waals surface area (Å²) in [4.78, 5) is 29.8. The van der Waals surface area contributed by atoms with Crippen molar-refractivity contribution in [3.05, 3.63) is 75.7 Å². The monoisotopic (exact) mass is 488 g/mol. The predicted molar refractivity (Wildman–Crippen MR) is 135 cm³/mol. The highest BCUT2D eigenvalue weighted by Gasteiger charge is 2.31. The summed E-state index contributed by atoms with van der Waals surface area (Å²) in [5.74, 6) is 0.902. The maximum Gasteiger partial charge on any atom is 0.340 e. The fourth-order valence-electron chi connectivity index (χ4n) is 4.61. The Morgan fingerprint density at radius 1 is 1.25 bits per heavy atom. The van der Waals surface area contributed by atoms with Gasteiger partial charge in [-0.2, -0.15) is 5.10 Å². The minimum Gasteiger partial charge on any atom is -0.496 e. The lowest BCUT2D eigenvalue weighted by Gasteiger charge is -2.33. The van der Waals surface area contributed by atoms with Crippen molar-refractivity contribution in [3.8, 4) is 11.5 Å². The van der Waals surface area contributed by atoms with Gasteiger partial charge in [0.05, 0.1) is 31.0 Å². The topological polar surface area (TPSA) is 108 Å². The Morgan fingerprint density at radius 3 is 2.72 bits per heavy atom. The Morgan fingerprint density at radius 2 is 2.03 bits per heavy atom. The lowest BCUT2D eigenvalue weighted by molar-refractivity contribution is -0.115. The number of anilines is 1. The molecule has 1 aliphatic rings. The van der Waals surface area contributed by atoms with Crippen molar-refractivity contribution in [2.45, 2.75) is 52.2 Å². The largest absolute Gasteiger partial charge is 0.496 e. The maximum atomic E-state index is 13.0. The molecule has 0 fully saturated rings. The summed E-state index contributed by atoms with van der Waals surface area (Å²) in [6.45, 7) is 6.46. The minimum atomic E-state index is -0.529. The smallest absolute Gasteiger partial charge is 0.340 e. The van der Waals surface area contributed by atoms with E-state index < -0.39 is 5.63 Å². The fraction of sp³-hybridized carbons (Fsp3) is 0.333. The van der Waals surface area contributed by atoms with Crippen LogP contribution in [0.3, 0.4) is 0 Å². The summed E-state index contributed by atoms with van der Waals surface area (Å²) in [5, 5.41) is 7.65. The number of hydrogen-bond acceptors (Lipinski definition) is 7. The Balaban J connectivity index is 1.40. The molecule has 0 spiro atoms. The zero-order valence-corrected chi connectivity index (χ0v) is 20.8. The number of hydrogen-bond donors (Lipinski definition) is 1. The Labute approximate surface area is 208 Å². The zero-order valence-electron chi connectivity index (χ0n) is 20.8. The molecule has 0 atom stereocenters. The van der Waals surface area contributed by atoms with Crippen molar-refractivity contribution >= 4 is 22.6 Å². The molecule has 1 aliphatic heterocycles. The average molecular weight is 489 g/mol. The van der Waals surface area contributed by atoms with Gasteiger partial charge in [0, 0.05) is 17.3 Å². The third-order valence-corrected chi connectivity index (χ3v) is 6.55. The number of ether oxygens (including phenoxy) is 2. The standard InChI is InChI=1S/C27H28N4O5/c1-16-20(11-23(32)30-18-7-5-17(6-8-18)13-31-15-28-14-29-31)26(33)35-25-19-9-10-27(2,3)36-21(19)12-22(34-4)24(16)25/h5-8,12,14-15H,9-11,13H2,1-4H3,(H,30,32). The van der Waals surface area contributed by atoms with Gasteiger partial charge in [0.2, 0.25) is 5.91 Å². The van der Waals surface area contributed by atoms with Crippen LogP contribution in [0.2, 0.25) is 0 Å². The molecule has 9 nitrogen and oxygen atoms in total. The Bertz CT molecular complexity index is 1490. The summed E-state index contributed by atoms with van der Waals surface area (Å²) in [5.41, 5.74) is 3.11.